The molecule has 2 atom stereocenters. The van der Waals surface area contributed by atoms with Gasteiger partial charge in [-0.15, -0.1) is 0 Å². The molecular formula is C33H42N2O3. The minimum Gasteiger partial charge on any atom is -0.330 e. The zero-order valence-corrected chi connectivity index (χ0v) is 23.6. The SMILES string of the molecule is C/C(=C\C(=O)C[C@H](C(=O)N1CCCC1C(=O)N1CCCCc2ccccc21)C(C)(C)C)c1ccc(C)cc1. The van der Waals surface area contributed by atoms with Crippen molar-refractivity contribution in [3.63, 3.8) is 0 Å². The van der Waals surface area contributed by atoms with Gasteiger partial charge >= 0.3 is 0 Å². The predicted molar refractivity (Wildman–Crippen MR) is 154 cm³/mol. The number of carbonyl (C=O) groups is 3. The maximum atomic E-state index is 14.0. The van der Waals surface area contributed by atoms with Crippen LogP contribution in [0, 0.1) is 18.3 Å². The minimum atomic E-state index is -0.498. The van der Waals surface area contributed by atoms with Crippen LogP contribution in [0.1, 0.15) is 76.5 Å². The number of benzene rings is 2. The molecule has 0 bridgehead atoms. The minimum absolute atomic E-state index is 0.0132. The highest BCUT2D eigenvalue weighted by atomic mass is 16.2. The van der Waals surface area contributed by atoms with Gasteiger partial charge in [-0.2, -0.15) is 0 Å². The van der Waals surface area contributed by atoms with E-state index >= 15 is 0 Å². The molecule has 0 radical (unpaired) electrons. The molecule has 1 unspecified atom stereocenters. The molecule has 0 N–H and O–H groups in total. The average molecular weight is 515 g/mol. The number of para-hydroxylation sites is 1. The van der Waals surface area contributed by atoms with Crippen LogP contribution in [0.15, 0.2) is 54.6 Å². The fourth-order valence-electron chi connectivity index (χ4n) is 5.75. The van der Waals surface area contributed by atoms with Crippen molar-refractivity contribution in [2.24, 2.45) is 11.3 Å². The van der Waals surface area contributed by atoms with Crippen LogP contribution in [0.25, 0.3) is 5.57 Å². The number of aryl methyl sites for hydroxylation is 2. The van der Waals surface area contributed by atoms with Crippen molar-refractivity contribution in [1.82, 2.24) is 4.90 Å². The maximum Gasteiger partial charge on any atom is 0.249 e. The number of fused-ring (bicyclic) bond motifs is 1. The Kier molecular flexibility index (Phi) is 8.54. The normalized spacial score (nSPS) is 19.1. The number of ketones is 1. The van der Waals surface area contributed by atoms with E-state index in [1.165, 1.54) is 11.1 Å². The van der Waals surface area contributed by atoms with Gasteiger partial charge in [0.05, 0.1) is 5.92 Å². The summed E-state index contributed by atoms with van der Waals surface area (Å²) < 4.78 is 0. The average Bonchev–Trinajstić information content (AvgIpc) is 3.27. The number of nitrogens with zero attached hydrogens (tertiary/aromatic N) is 2. The van der Waals surface area contributed by atoms with Gasteiger partial charge < -0.3 is 9.80 Å². The molecule has 2 aromatic rings. The van der Waals surface area contributed by atoms with Gasteiger partial charge in [0.1, 0.15) is 6.04 Å². The summed E-state index contributed by atoms with van der Waals surface area (Å²) in [7, 11) is 0. The van der Waals surface area contributed by atoms with Crippen LogP contribution in [0.4, 0.5) is 5.69 Å². The van der Waals surface area contributed by atoms with Crippen LogP contribution in [0.3, 0.4) is 0 Å². The lowest BCUT2D eigenvalue weighted by molar-refractivity contribution is -0.145. The van der Waals surface area contributed by atoms with Crippen molar-refractivity contribution in [1.29, 1.82) is 0 Å². The van der Waals surface area contributed by atoms with Gasteiger partial charge in [-0.25, -0.2) is 0 Å². The van der Waals surface area contributed by atoms with Gasteiger partial charge in [-0.3, -0.25) is 14.4 Å². The van der Waals surface area contributed by atoms with Gasteiger partial charge in [0.25, 0.3) is 0 Å². The Morgan fingerprint density at radius 2 is 1.68 bits per heavy atom. The first-order chi connectivity index (χ1) is 18.1. The summed E-state index contributed by atoms with van der Waals surface area (Å²) in [5.41, 5.74) is 4.83. The monoisotopic (exact) mass is 514 g/mol. The molecule has 2 amide bonds. The fourth-order valence-corrected chi connectivity index (χ4v) is 5.75. The van der Waals surface area contributed by atoms with Gasteiger partial charge in [0.15, 0.2) is 5.78 Å². The van der Waals surface area contributed by atoms with E-state index in [0.717, 1.165) is 42.5 Å². The first kappa shape index (κ1) is 27.8. The van der Waals surface area contributed by atoms with Crippen LogP contribution in [-0.2, 0) is 20.8 Å². The van der Waals surface area contributed by atoms with Crippen molar-refractivity contribution in [2.45, 2.75) is 79.2 Å². The third-order valence-corrected chi connectivity index (χ3v) is 8.08. The molecule has 2 aliphatic rings. The second-order valence-electron chi connectivity index (χ2n) is 12.0. The van der Waals surface area contributed by atoms with Crippen LogP contribution in [0.5, 0.6) is 0 Å². The van der Waals surface area contributed by atoms with Crippen LogP contribution < -0.4 is 4.90 Å². The van der Waals surface area contributed by atoms with Crippen molar-refractivity contribution >= 4 is 28.9 Å². The quantitative estimate of drug-likeness (QED) is 0.420. The van der Waals surface area contributed by atoms with Gasteiger partial charge in [-0.05, 0) is 80.2 Å². The zero-order valence-electron chi connectivity index (χ0n) is 23.6. The van der Waals surface area contributed by atoms with E-state index < -0.39 is 17.4 Å². The number of allylic oxidation sites excluding steroid dienone is 2. The molecule has 4 rings (SSSR count). The smallest absolute Gasteiger partial charge is 0.249 e. The number of likely N-dealkylation sites (tertiary alicyclic amines) is 1. The molecule has 0 spiro atoms. The number of amides is 2. The number of carbonyl (C=O) groups excluding carboxylic acids is 3. The van der Waals surface area contributed by atoms with Crippen molar-refractivity contribution in [3.05, 3.63) is 71.3 Å². The first-order valence-corrected chi connectivity index (χ1v) is 14.0. The second-order valence-corrected chi connectivity index (χ2v) is 12.0. The molecular weight excluding hydrogens is 472 g/mol. The molecule has 2 aromatic carbocycles. The van der Waals surface area contributed by atoms with E-state index in [4.69, 9.17) is 0 Å². The Morgan fingerprint density at radius 1 is 0.974 bits per heavy atom. The summed E-state index contributed by atoms with van der Waals surface area (Å²) in [6.45, 7) is 11.2. The van der Waals surface area contributed by atoms with Gasteiger partial charge in [0.2, 0.25) is 11.8 Å². The summed E-state index contributed by atoms with van der Waals surface area (Å²) in [5.74, 6) is -0.618. The Hall–Kier alpha value is -3.21. The van der Waals surface area contributed by atoms with Crippen LogP contribution in [0.2, 0.25) is 0 Å². The fraction of sp³-hybridized carbons (Fsp3) is 0.485. The first-order valence-electron chi connectivity index (χ1n) is 14.0. The largest absolute Gasteiger partial charge is 0.330 e. The molecule has 2 aliphatic heterocycles. The summed E-state index contributed by atoms with van der Waals surface area (Å²) in [6, 6.07) is 15.8. The highest BCUT2D eigenvalue weighted by Gasteiger charge is 2.43. The molecule has 0 aliphatic carbocycles. The van der Waals surface area contributed by atoms with Crippen molar-refractivity contribution in [3.8, 4) is 0 Å². The van der Waals surface area contributed by atoms with E-state index in [-0.39, 0.29) is 24.0 Å². The van der Waals surface area contributed by atoms with Crippen molar-refractivity contribution < 1.29 is 14.4 Å². The summed E-state index contributed by atoms with van der Waals surface area (Å²) >= 11 is 0. The lowest BCUT2D eigenvalue weighted by Crippen LogP contribution is -2.51. The maximum absolute atomic E-state index is 14.0. The standard InChI is InChI=1S/C33H42N2O3/c1-23-15-17-25(18-16-23)24(2)21-27(36)22-28(33(3,4)5)31(37)35-20-10-14-30(35)32(38)34-19-9-8-12-26-11-6-7-13-29(26)34/h6-7,11,13,15-18,21,28,30H,8-10,12,14,19-20,22H2,1-5H3/b24-21+/t28-,30?/m1/s1. The van der Waals surface area contributed by atoms with E-state index in [2.05, 4.69) is 6.07 Å². The van der Waals surface area contributed by atoms with E-state index in [1.54, 1.807) is 11.0 Å². The van der Waals surface area contributed by atoms with Gasteiger partial charge in [0, 0.05) is 25.2 Å². The summed E-state index contributed by atoms with van der Waals surface area (Å²) in [4.78, 5) is 44.8. The Morgan fingerprint density at radius 3 is 2.39 bits per heavy atom. The predicted octanol–water partition coefficient (Wildman–Crippen LogP) is 6.38. The second kappa shape index (κ2) is 11.7. The molecule has 0 saturated carbocycles. The number of hydrogen-bond acceptors (Lipinski definition) is 3. The summed E-state index contributed by atoms with van der Waals surface area (Å²) in [5, 5.41) is 0. The highest BCUT2D eigenvalue weighted by molar-refractivity contribution is 6.02. The number of rotatable bonds is 6. The Labute approximate surface area is 227 Å². The van der Waals surface area contributed by atoms with Crippen LogP contribution >= 0.6 is 0 Å². The summed E-state index contributed by atoms with van der Waals surface area (Å²) in [6.07, 6.45) is 6.24. The third kappa shape index (κ3) is 6.25. The molecule has 5 nitrogen and oxygen atoms in total. The zero-order chi connectivity index (χ0) is 27.4. The van der Waals surface area contributed by atoms with Crippen molar-refractivity contribution in [2.75, 3.05) is 18.0 Å². The number of anilines is 1. The third-order valence-electron chi connectivity index (χ3n) is 8.08. The molecule has 1 saturated heterocycles. The number of hydrogen-bond donors (Lipinski definition) is 0. The van der Waals surface area contributed by atoms with E-state index in [9.17, 15) is 14.4 Å². The highest BCUT2D eigenvalue weighted by Crippen LogP contribution is 2.35. The topological polar surface area (TPSA) is 57.7 Å². The Balaban J connectivity index is 1.53. The molecule has 38 heavy (non-hydrogen) atoms. The van der Waals surface area contributed by atoms with Gasteiger partial charge in [-0.1, -0.05) is 68.8 Å². The Bertz CT molecular complexity index is 1210. The molecule has 0 aromatic heterocycles. The lowest BCUT2D eigenvalue weighted by Gasteiger charge is -2.36. The molecule has 5 heteroatoms. The molecule has 2 heterocycles. The lowest BCUT2D eigenvalue weighted by atomic mass is 9.76. The molecule has 1 fully saturated rings. The molecule has 202 valence electrons. The van der Waals surface area contributed by atoms with E-state index in [0.29, 0.717) is 19.5 Å². The van der Waals surface area contributed by atoms with E-state index in [1.807, 2.05) is 82.0 Å². The van der Waals surface area contributed by atoms with Crippen LogP contribution in [-0.4, -0.2) is 41.6 Å².